The van der Waals surface area contributed by atoms with Gasteiger partial charge >= 0.3 is 0 Å². The van der Waals surface area contributed by atoms with E-state index in [2.05, 4.69) is 4.98 Å². The molecule has 0 saturated heterocycles. The van der Waals surface area contributed by atoms with E-state index in [0.717, 1.165) is 16.3 Å². The van der Waals surface area contributed by atoms with E-state index in [1.54, 1.807) is 24.3 Å². The van der Waals surface area contributed by atoms with Gasteiger partial charge in [-0.1, -0.05) is 24.3 Å². The van der Waals surface area contributed by atoms with Crippen molar-refractivity contribution in [2.45, 2.75) is 6.92 Å². The summed E-state index contributed by atoms with van der Waals surface area (Å²) in [5, 5.41) is 1.59. The number of nitrogens with two attached hydrogens (primary N) is 2. The van der Waals surface area contributed by atoms with Gasteiger partial charge in [0.25, 0.3) is 0 Å². The van der Waals surface area contributed by atoms with Gasteiger partial charge < -0.3 is 11.5 Å². The van der Waals surface area contributed by atoms with Crippen molar-refractivity contribution in [2.24, 2.45) is 0 Å². The van der Waals surface area contributed by atoms with E-state index < -0.39 is 0 Å². The zero-order valence-corrected chi connectivity index (χ0v) is 11.0. The van der Waals surface area contributed by atoms with Crippen molar-refractivity contribution < 1.29 is 4.39 Å². The highest BCUT2D eigenvalue weighted by atomic mass is 19.1. The van der Waals surface area contributed by atoms with Crippen molar-refractivity contribution in [3.05, 3.63) is 53.8 Å². The van der Waals surface area contributed by atoms with Gasteiger partial charge in [0, 0.05) is 22.0 Å². The number of anilines is 2. The Balaban J connectivity index is 2.34. The first kappa shape index (κ1) is 12.4. The number of hydrogen-bond donors (Lipinski definition) is 2. The molecule has 2 aromatic carbocycles. The molecule has 0 aliphatic heterocycles. The van der Waals surface area contributed by atoms with Crippen molar-refractivity contribution in [1.82, 2.24) is 4.98 Å². The molecule has 0 saturated carbocycles. The predicted octanol–water partition coefficient (Wildman–Crippen LogP) is 3.51. The molecule has 20 heavy (non-hydrogen) atoms. The maximum atomic E-state index is 13.9. The zero-order valence-electron chi connectivity index (χ0n) is 11.0. The summed E-state index contributed by atoms with van der Waals surface area (Å²) < 4.78 is 13.9. The number of aryl methyl sites for hydroxylation is 1. The van der Waals surface area contributed by atoms with Crippen molar-refractivity contribution in [3.63, 3.8) is 0 Å². The van der Waals surface area contributed by atoms with E-state index in [-0.39, 0.29) is 5.82 Å². The number of nitrogens with zero attached hydrogens (tertiary/aromatic N) is 1. The molecule has 100 valence electrons. The lowest BCUT2D eigenvalue weighted by Gasteiger charge is -2.10. The second-order valence-electron chi connectivity index (χ2n) is 4.76. The molecule has 3 aromatic rings. The number of nitrogen functional groups attached to an aromatic ring is 2. The number of aromatic nitrogens is 1. The quantitative estimate of drug-likeness (QED) is 0.663. The van der Waals surface area contributed by atoms with Gasteiger partial charge in [-0.25, -0.2) is 9.37 Å². The normalized spacial score (nSPS) is 10.9. The van der Waals surface area contributed by atoms with Crippen LogP contribution in [0.15, 0.2) is 42.5 Å². The Bertz CT molecular complexity index is 812. The smallest absolute Gasteiger partial charge is 0.132 e. The summed E-state index contributed by atoms with van der Waals surface area (Å²) in [4.78, 5) is 4.29. The SMILES string of the molecule is Cc1ccc2c(N)nc(-c3ccccc3F)cc2c1N. The maximum absolute atomic E-state index is 13.9. The molecule has 0 aliphatic rings. The topological polar surface area (TPSA) is 64.9 Å². The summed E-state index contributed by atoms with van der Waals surface area (Å²) in [6.45, 7) is 1.92. The minimum absolute atomic E-state index is 0.329. The molecule has 0 unspecified atom stereocenters. The predicted molar refractivity (Wildman–Crippen MR) is 80.7 cm³/mol. The summed E-state index contributed by atoms with van der Waals surface area (Å²) in [5.74, 6) is 0.0254. The van der Waals surface area contributed by atoms with E-state index in [1.165, 1.54) is 6.07 Å². The monoisotopic (exact) mass is 267 g/mol. The van der Waals surface area contributed by atoms with Gasteiger partial charge in [0.1, 0.15) is 11.6 Å². The van der Waals surface area contributed by atoms with Crippen LogP contribution in [0.5, 0.6) is 0 Å². The molecular weight excluding hydrogens is 253 g/mol. The highest BCUT2D eigenvalue weighted by Gasteiger charge is 2.11. The molecule has 4 N–H and O–H groups in total. The molecule has 0 atom stereocenters. The molecule has 0 amide bonds. The van der Waals surface area contributed by atoms with Crippen LogP contribution in [0.4, 0.5) is 15.9 Å². The van der Waals surface area contributed by atoms with Gasteiger partial charge in [-0.05, 0) is 30.7 Å². The van der Waals surface area contributed by atoms with Gasteiger partial charge in [0.2, 0.25) is 0 Å². The van der Waals surface area contributed by atoms with Crippen LogP contribution in [-0.4, -0.2) is 4.98 Å². The van der Waals surface area contributed by atoms with E-state index in [1.807, 2.05) is 19.1 Å². The van der Waals surface area contributed by atoms with Crippen LogP contribution in [0.1, 0.15) is 5.56 Å². The van der Waals surface area contributed by atoms with Crippen molar-refractivity contribution in [3.8, 4) is 11.3 Å². The number of rotatable bonds is 1. The molecular formula is C16H14FN3. The minimum Gasteiger partial charge on any atom is -0.398 e. The highest BCUT2D eigenvalue weighted by molar-refractivity contribution is 6.01. The Morgan fingerprint density at radius 2 is 1.75 bits per heavy atom. The molecule has 4 heteroatoms. The van der Waals surface area contributed by atoms with Crippen LogP contribution < -0.4 is 11.5 Å². The van der Waals surface area contributed by atoms with E-state index in [9.17, 15) is 4.39 Å². The zero-order chi connectivity index (χ0) is 14.3. The summed E-state index contributed by atoms with van der Waals surface area (Å²) in [6, 6.07) is 12.0. The molecule has 1 aromatic heterocycles. The van der Waals surface area contributed by atoms with Crippen LogP contribution in [0.25, 0.3) is 22.0 Å². The first-order valence-electron chi connectivity index (χ1n) is 6.28. The average Bonchev–Trinajstić information content (AvgIpc) is 2.43. The second kappa shape index (κ2) is 4.49. The molecule has 0 aliphatic carbocycles. The van der Waals surface area contributed by atoms with Gasteiger partial charge in [0.05, 0.1) is 5.69 Å². The first-order valence-corrected chi connectivity index (χ1v) is 6.28. The van der Waals surface area contributed by atoms with E-state index in [4.69, 9.17) is 11.5 Å². The summed E-state index contributed by atoms with van der Waals surface area (Å²) in [5.41, 5.74) is 14.6. The van der Waals surface area contributed by atoms with Crippen molar-refractivity contribution >= 4 is 22.3 Å². The van der Waals surface area contributed by atoms with Gasteiger partial charge in [0.15, 0.2) is 0 Å². The Labute approximate surface area is 116 Å². The number of hydrogen-bond acceptors (Lipinski definition) is 3. The third-order valence-electron chi connectivity index (χ3n) is 3.45. The fourth-order valence-corrected chi connectivity index (χ4v) is 2.29. The van der Waals surface area contributed by atoms with E-state index >= 15 is 0 Å². The number of pyridine rings is 1. The number of benzene rings is 2. The average molecular weight is 267 g/mol. The molecule has 3 nitrogen and oxygen atoms in total. The molecule has 1 heterocycles. The summed E-state index contributed by atoms with van der Waals surface area (Å²) in [7, 11) is 0. The van der Waals surface area contributed by atoms with Gasteiger partial charge in [-0.3, -0.25) is 0 Å². The van der Waals surface area contributed by atoms with Crippen LogP contribution in [0, 0.1) is 12.7 Å². The lowest BCUT2D eigenvalue weighted by Crippen LogP contribution is -1.99. The number of fused-ring (bicyclic) bond motifs is 1. The molecule has 0 spiro atoms. The third kappa shape index (κ3) is 1.86. The van der Waals surface area contributed by atoms with Crippen LogP contribution >= 0.6 is 0 Å². The van der Waals surface area contributed by atoms with Crippen LogP contribution in [-0.2, 0) is 0 Å². The Kier molecular flexibility index (Phi) is 2.79. The lowest BCUT2D eigenvalue weighted by atomic mass is 10.0. The fraction of sp³-hybridized carbons (Fsp3) is 0.0625. The van der Waals surface area contributed by atoms with Crippen LogP contribution in [0.3, 0.4) is 0 Å². The van der Waals surface area contributed by atoms with Gasteiger partial charge in [-0.15, -0.1) is 0 Å². The standard InChI is InChI=1S/C16H14FN3/c1-9-6-7-10-12(15(9)18)8-14(20-16(10)19)11-4-2-3-5-13(11)17/h2-8H,18H2,1H3,(H2,19,20). The number of halogens is 1. The maximum Gasteiger partial charge on any atom is 0.132 e. The Morgan fingerprint density at radius 1 is 1.00 bits per heavy atom. The Morgan fingerprint density at radius 3 is 2.50 bits per heavy atom. The molecule has 0 fully saturated rings. The van der Waals surface area contributed by atoms with Gasteiger partial charge in [-0.2, -0.15) is 0 Å². The summed E-state index contributed by atoms with van der Waals surface area (Å²) in [6.07, 6.45) is 0. The molecule has 0 radical (unpaired) electrons. The lowest BCUT2D eigenvalue weighted by molar-refractivity contribution is 0.631. The highest BCUT2D eigenvalue weighted by Crippen LogP contribution is 2.32. The first-order chi connectivity index (χ1) is 9.58. The third-order valence-corrected chi connectivity index (χ3v) is 3.45. The second-order valence-corrected chi connectivity index (χ2v) is 4.76. The largest absolute Gasteiger partial charge is 0.398 e. The van der Waals surface area contributed by atoms with Crippen molar-refractivity contribution in [2.75, 3.05) is 11.5 Å². The fourth-order valence-electron chi connectivity index (χ4n) is 2.29. The van der Waals surface area contributed by atoms with Crippen LogP contribution in [0.2, 0.25) is 0 Å². The summed E-state index contributed by atoms with van der Waals surface area (Å²) >= 11 is 0. The Hall–Kier alpha value is -2.62. The minimum atomic E-state index is -0.329. The van der Waals surface area contributed by atoms with Crippen molar-refractivity contribution in [1.29, 1.82) is 0 Å². The molecule has 3 rings (SSSR count). The van der Waals surface area contributed by atoms with E-state index in [0.29, 0.717) is 22.8 Å². The molecule has 0 bridgehead atoms.